The van der Waals surface area contributed by atoms with Crippen LogP contribution in [0.15, 0.2) is 39.2 Å². The maximum Gasteiger partial charge on any atom is 0.272 e. The number of aromatic nitrogens is 1. The van der Waals surface area contributed by atoms with E-state index in [9.17, 15) is 10.1 Å². The lowest BCUT2D eigenvalue weighted by Gasteiger charge is -2.14. The average molecular weight is 376 g/mol. The van der Waals surface area contributed by atoms with Crippen molar-refractivity contribution in [3.8, 4) is 11.5 Å². The number of rotatable bonds is 3. The molecule has 0 radical (unpaired) electrons. The van der Waals surface area contributed by atoms with Crippen LogP contribution < -0.4 is 4.90 Å². The highest BCUT2D eigenvalue weighted by molar-refractivity contribution is 9.10. The first-order valence-corrected chi connectivity index (χ1v) is 7.69. The molecule has 7 heteroatoms. The maximum absolute atomic E-state index is 11.0. The third-order valence-electron chi connectivity index (χ3n) is 3.55. The van der Waals surface area contributed by atoms with Crippen molar-refractivity contribution in [2.24, 2.45) is 0 Å². The molecule has 1 heterocycles. The fourth-order valence-electron chi connectivity index (χ4n) is 2.41. The fraction of sp³-hybridized carbons (Fsp3) is 0.188. The molecule has 3 rings (SSSR count). The zero-order chi connectivity index (χ0) is 16.7. The summed E-state index contributed by atoms with van der Waals surface area (Å²) in [7, 11) is 3.92. The van der Waals surface area contributed by atoms with Crippen molar-refractivity contribution in [3.63, 3.8) is 0 Å². The first-order chi connectivity index (χ1) is 10.9. The smallest absolute Gasteiger partial charge is 0.272 e. The van der Waals surface area contributed by atoms with Crippen LogP contribution in [0.25, 0.3) is 22.6 Å². The van der Waals surface area contributed by atoms with Crippen LogP contribution >= 0.6 is 15.9 Å². The molecule has 0 saturated heterocycles. The van der Waals surface area contributed by atoms with Crippen molar-refractivity contribution < 1.29 is 9.34 Å². The van der Waals surface area contributed by atoms with Gasteiger partial charge in [0.1, 0.15) is 5.52 Å². The quantitative estimate of drug-likeness (QED) is 0.496. The molecule has 0 aliphatic heterocycles. The second-order valence-corrected chi connectivity index (χ2v) is 6.30. The number of benzene rings is 2. The Balaban J connectivity index is 2.12. The zero-order valence-electron chi connectivity index (χ0n) is 12.8. The van der Waals surface area contributed by atoms with E-state index < -0.39 is 4.92 Å². The molecule has 1 aromatic heterocycles. The van der Waals surface area contributed by atoms with E-state index in [2.05, 4.69) is 20.9 Å². The van der Waals surface area contributed by atoms with Crippen LogP contribution in [0.5, 0.6) is 0 Å². The Morgan fingerprint density at radius 2 is 2.00 bits per heavy atom. The Kier molecular flexibility index (Phi) is 3.81. The topological polar surface area (TPSA) is 72.4 Å². The number of hydrogen-bond donors (Lipinski definition) is 0. The maximum atomic E-state index is 11.0. The van der Waals surface area contributed by atoms with Gasteiger partial charge in [0.2, 0.25) is 5.89 Å². The van der Waals surface area contributed by atoms with Gasteiger partial charge in [0.25, 0.3) is 5.69 Å². The summed E-state index contributed by atoms with van der Waals surface area (Å²) in [6.45, 7) is 1.77. The van der Waals surface area contributed by atoms with Gasteiger partial charge in [-0.3, -0.25) is 10.1 Å². The highest BCUT2D eigenvalue weighted by Gasteiger charge is 2.16. The summed E-state index contributed by atoms with van der Waals surface area (Å²) in [5, 5.41) is 11.0. The second-order valence-electron chi connectivity index (χ2n) is 5.45. The number of aryl methyl sites for hydroxylation is 1. The van der Waals surface area contributed by atoms with E-state index >= 15 is 0 Å². The summed E-state index contributed by atoms with van der Waals surface area (Å²) in [4.78, 5) is 16.9. The molecule has 0 spiro atoms. The van der Waals surface area contributed by atoms with Crippen LogP contribution in [0.4, 0.5) is 11.4 Å². The van der Waals surface area contributed by atoms with E-state index in [1.165, 1.54) is 12.1 Å². The minimum Gasteiger partial charge on any atom is -0.436 e. The molecule has 3 aromatic rings. The van der Waals surface area contributed by atoms with E-state index in [4.69, 9.17) is 4.42 Å². The zero-order valence-corrected chi connectivity index (χ0v) is 14.4. The molecule has 0 amide bonds. The molecular weight excluding hydrogens is 362 g/mol. The fourth-order valence-corrected chi connectivity index (χ4v) is 3.15. The first kappa shape index (κ1) is 15.5. The number of hydrogen-bond acceptors (Lipinski definition) is 5. The number of fused-ring (bicyclic) bond motifs is 1. The molecule has 6 nitrogen and oxygen atoms in total. The van der Waals surface area contributed by atoms with Crippen LogP contribution in [0.3, 0.4) is 0 Å². The third-order valence-corrected chi connectivity index (χ3v) is 4.18. The Bertz CT molecular complexity index is 918. The van der Waals surface area contributed by atoms with Crippen molar-refractivity contribution >= 4 is 38.4 Å². The van der Waals surface area contributed by atoms with Gasteiger partial charge >= 0.3 is 0 Å². The van der Waals surface area contributed by atoms with Crippen molar-refractivity contribution in [3.05, 3.63) is 50.5 Å². The van der Waals surface area contributed by atoms with Crippen LogP contribution in [0.1, 0.15) is 5.56 Å². The number of nitro benzene ring substituents is 1. The van der Waals surface area contributed by atoms with Gasteiger partial charge in [-0.25, -0.2) is 4.98 Å². The molecular formula is C16H14BrN3O3. The third kappa shape index (κ3) is 2.79. The number of nitrogens with zero attached hydrogens (tertiary/aromatic N) is 3. The predicted octanol–water partition coefficient (Wildman–Crippen LogP) is 4.54. The molecule has 0 saturated carbocycles. The van der Waals surface area contributed by atoms with Gasteiger partial charge in [-0.15, -0.1) is 0 Å². The Hall–Kier alpha value is -2.41. The Morgan fingerprint density at radius 1 is 1.26 bits per heavy atom. The molecule has 0 aliphatic carbocycles. The molecule has 118 valence electrons. The average Bonchev–Trinajstić information content (AvgIpc) is 2.91. The number of halogens is 1. The lowest BCUT2D eigenvalue weighted by atomic mass is 10.2. The Labute approximate surface area is 141 Å². The van der Waals surface area contributed by atoms with Gasteiger partial charge in [-0.2, -0.15) is 0 Å². The van der Waals surface area contributed by atoms with Crippen molar-refractivity contribution in [1.82, 2.24) is 4.98 Å². The van der Waals surface area contributed by atoms with E-state index in [1.807, 2.05) is 37.2 Å². The summed E-state index contributed by atoms with van der Waals surface area (Å²) in [6, 6.07) is 8.71. The molecule has 0 aliphatic rings. The molecule has 23 heavy (non-hydrogen) atoms. The van der Waals surface area contributed by atoms with Crippen LogP contribution in [0.2, 0.25) is 0 Å². The number of anilines is 1. The highest BCUT2D eigenvalue weighted by Crippen LogP contribution is 2.33. The molecule has 0 unspecified atom stereocenters. The molecule has 2 aromatic carbocycles. The molecule has 0 N–H and O–H groups in total. The number of non-ortho nitro benzene ring substituents is 1. The number of oxazole rings is 1. The van der Waals surface area contributed by atoms with E-state index in [0.29, 0.717) is 22.6 Å². The summed E-state index contributed by atoms with van der Waals surface area (Å²) in [5.41, 5.74) is 3.60. The van der Waals surface area contributed by atoms with Gasteiger partial charge in [0, 0.05) is 41.8 Å². The summed E-state index contributed by atoms with van der Waals surface area (Å²) >= 11 is 3.53. The normalized spacial score (nSPS) is 11.0. The van der Waals surface area contributed by atoms with Crippen LogP contribution in [-0.4, -0.2) is 24.0 Å². The minimum atomic E-state index is -0.427. The first-order valence-electron chi connectivity index (χ1n) is 6.89. The Morgan fingerprint density at radius 3 is 2.61 bits per heavy atom. The van der Waals surface area contributed by atoms with E-state index in [1.54, 1.807) is 6.92 Å². The van der Waals surface area contributed by atoms with Gasteiger partial charge in [0.05, 0.1) is 10.6 Å². The molecule has 0 atom stereocenters. The second kappa shape index (κ2) is 5.66. The monoisotopic (exact) mass is 375 g/mol. The van der Waals surface area contributed by atoms with Crippen LogP contribution in [0, 0.1) is 17.0 Å². The van der Waals surface area contributed by atoms with E-state index in [-0.39, 0.29) is 5.69 Å². The standard InChI is InChI=1S/C16H14BrN3O3/c1-9-6-11(20(21)22)8-13-15(9)23-16(18-13)10-4-5-14(19(2)3)12(17)7-10/h4-8H,1-3H3. The lowest BCUT2D eigenvalue weighted by molar-refractivity contribution is -0.384. The van der Waals surface area contributed by atoms with Crippen molar-refractivity contribution in [2.75, 3.05) is 19.0 Å². The lowest BCUT2D eigenvalue weighted by Crippen LogP contribution is -2.09. The summed E-state index contributed by atoms with van der Waals surface area (Å²) < 4.78 is 6.73. The highest BCUT2D eigenvalue weighted by atomic mass is 79.9. The SMILES string of the molecule is Cc1cc([N+](=O)[O-])cc2nc(-c3ccc(N(C)C)c(Br)c3)oc12. The minimum absolute atomic E-state index is 0.0130. The number of nitro groups is 1. The molecule has 0 bridgehead atoms. The van der Waals surface area contributed by atoms with Gasteiger partial charge in [-0.05, 0) is 41.1 Å². The predicted molar refractivity (Wildman–Crippen MR) is 92.9 cm³/mol. The largest absolute Gasteiger partial charge is 0.436 e. The van der Waals surface area contributed by atoms with Crippen LogP contribution in [-0.2, 0) is 0 Å². The summed E-state index contributed by atoms with van der Waals surface area (Å²) in [6.07, 6.45) is 0. The van der Waals surface area contributed by atoms with Gasteiger partial charge in [-0.1, -0.05) is 0 Å². The van der Waals surface area contributed by atoms with Gasteiger partial charge < -0.3 is 9.32 Å². The van der Waals surface area contributed by atoms with Crippen molar-refractivity contribution in [2.45, 2.75) is 6.92 Å². The van der Waals surface area contributed by atoms with Crippen molar-refractivity contribution in [1.29, 1.82) is 0 Å². The summed E-state index contributed by atoms with van der Waals surface area (Å²) in [5.74, 6) is 0.439. The van der Waals surface area contributed by atoms with Gasteiger partial charge in [0.15, 0.2) is 5.58 Å². The van der Waals surface area contributed by atoms with E-state index in [0.717, 1.165) is 15.7 Å². The molecule has 0 fully saturated rings.